The standard InChI is InChI=1S/C21H14N4O3/c26-12-13-8-19(25-20(13)21(27)28)11-18-6-5-17(24-18)10-16-4-3-15(23-16)9-14-2-1-7-22-14/h1-12,25H,(H,27,28). The van der Waals surface area contributed by atoms with Gasteiger partial charge in [0, 0.05) is 17.5 Å². The van der Waals surface area contributed by atoms with Crippen LogP contribution in [-0.2, 0) is 0 Å². The summed E-state index contributed by atoms with van der Waals surface area (Å²) in [6.45, 7) is 0. The lowest BCUT2D eigenvalue weighted by atomic mass is 10.2. The molecule has 136 valence electrons. The first-order valence-corrected chi connectivity index (χ1v) is 8.41. The van der Waals surface area contributed by atoms with Gasteiger partial charge >= 0.3 is 5.97 Å². The van der Waals surface area contributed by atoms with E-state index in [2.05, 4.69) is 20.0 Å². The van der Waals surface area contributed by atoms with Crippen LogP contribution < -0.4 is 0 Å². The van der Waals surface area contributed by atoms with Crippen molar-refractivity contribution in [1.82, 2.24) is 4.98 Å². The third-order valence-corrected chi connectivity index (χ3v) is 4.05. The normalized spacial score (nSPS) is 21.4. The third kappa shape index (κ3) is 3.68. The Hall–Kier alpha value is -4.13. The number of aromatic amines is 1. The summed E-state index contributed by atoms with van der Waals surface area (Å²) in [7, 11) is 0. The maximum Gasteiger partial charge on any atom is 0.353 e. The molecule has 4 rings (SSSR count). The average molecular weight is 370 g/mol. The number of nitrogens with one attached hydrogen (secondary N) is 1. The molecule has 28 heavy (non-hydrogen) atoms. The number of aldehydes is 1. The number of carbonyl (C=O) groups is 2. The van der Waals surface area contributed by atoms with Gasteiger partial charge in [-0.25, -0.2) is 14.8 Å². The molecule has 4 heterocycles. The first kappa shape index (κ1) is 17.3. The predicted octanol–water partition coefficient (Wildman–Crippen LogP) is 3.30. The van der Waals surface area contributed by atoms with Crippen LogP contribution in [0.5, 0.6) is 0 Å². The van der Waals surface area contributed by atoms with Crippen molar-refractivity contribution in [3.8, 4) is 0 Å². The highest BCUT2D eigenvalue weighted by atomic mass is 16.4. The Kier molecular flexibility index (Phi) is 4.47. The maximum absolute atomic E-state index is 11.1. The Morgan fingerprint density at radius 2 is 1.61 bits per heavy atom. The summed E-state index contributed by atoms with van der Waals surface area (Å²) in [4.78, 5) is 38.0. The van der Waals surface area contributed by atoms with Gasteiger partial charge in [0.25, 0.3) is 0 Å². The van der Waals surface area contributed by atoms with Gasteiger partial charge in [-0.1, -0.05) is 0 Å². The quantitative estimate of drug-likeness (QED) is 0.777. The van der Waals surface area contributed by atoms with Crippen molar-refractivity contribution in [2.24, 2.45) is 15.0 Å². The molecule has 3 aliphatic rings. The van der Waals surface area contributed by atoms with Gasteiger partial charge in [0.05, 0.1) is 28.5 Å². The number of rotatable bonds is 5. The molecule has 7 heteroatoms. The summed E-state index contributed by atoms with van der Waals surface area (Å²) in [5.74, 6) is -1.18. The lowest BCUT2D eigenvalue weighted by molar-refractivity contribution is 0.0688. The second kappa shape index (κ2) is 7.24. The molecule has 3 aliphatic heterocycles. The van der Waals surface area contributed by atoms with E-state index in [0.29, 0.717) is 17.7 Å². The topological polar surface area (TPSA) is 107 Å². The van der Waals surface area contributed by atoms with E-state index >= 15 is 0 Å². The fourth-order valence-electron chi connectivity index (χ4n) is 2.81. The number of aromatic carboxylic acids is 1. The lowest BCUT2D eigenvalue weighted by Gasteiger charge is -1.92. The van der Waals surface area contributed by atoms with Gasteiger partial charge in [-0.05, 0) is 60.8 Å². The van der Waals surface area contributed by atoms with Crippen LogP contribution in [0.2, 0.25) is 0 Å². The molecule has 0 atom stereocenters. The van der Waals surface area contributed by atoms with Crippen LogP contribution >= 0.6 is 0 Å². The van der Waals surface area contributed by atoms with Crippen LogP contribution in [0.3, 0.4) is 0 Å². The van der Waals surface area contributed by atoms with Crippen molar-refractivity contribution in [3.63, 3.8) is 0 Å². The van der Waals surface area contributed by atoms with Gasteiger partial charge < -0.3 is 10.1 Å². The Morgan fingerprint density at radius 3 is 2.18 bits per heavy atom. The summed E-state index contributed by atoms with van der Waals surface area (Å²) < 4.78 is 0. The van der Waals surface area contributed by atoms with Crippen LogP contribution in [0.15, 0.2) is 86.7 Å². The van der Waals surface area contributed by atoms with Crippen molar-refractivity contribution < 1.29 is 14.7 Å². The summed E-state index contributed by atoms with van der Waals surface area (Å²) in [5.41, 5.74) is 4.27. The van der Waals surface area contributed by atoms with E-state index in [0.717, 1.165) is 22.8 Å². The maximum atomic E-state index is 11.1. The second-order valence-electron chi connectivity index (χ2n) is 6.06. The molecule has 0 saturated carbocycles. The van der Waals surface area contributed by atoms with Crippen molar-refractivity contribution >= 4 is 36.0 Å². The van der Waals surface area contributed by atoms with Crippen LogP contribution in [0, 0.1) is 0 Å². The Balaban J connectivity index is 1.52. The van der Waals surface area contributed by atoms with Gasteiger partial charge in [0.1, 0.15) is 5.69 Å². The molecule has 2 N–H and O–H groups in total. The summed E-state index contributed by atoms with van der Waals surface area (Å²) >= 11 is 0. The number of carboxylic acids is 1. The number of H-pyrrole nitrogens is 1. The first-order valence-electron chi connectivity index (χ1n) is 8.41. The van der Waals surface area contributed by atoms with E-state index in [9.17, 15) is 9.59 Å². The number of hydrogen-bond acceptors (Lipinski definition) is 5. The van der Waals surface area contributed by atoms with E-state index in [1.165, 1.54) is 6.07 Å². The molecule has 0 spiro atoms. The average Bonchev–Trinajstić information content (AvgIpc) is 3.45. The van der Waals surface area contributed by atoms with Gasteiger partial charge in [-0.15, -0.1) is 0 Å². The highest BCUT2D eigenvalue weighted by Crippen LogP contribution is 2.19. The van der Waals surface area contributed by atoms with Crippen LogP contribution in [0.25, 0.3) is 6.08 Å². The molecule has 0 bridgehead atoms. The van der Waals surface area contributed by atoms with Gasteiger partial charge in [-0.2, -0.15) is 0 Å². The minimum absolute atomic E-state index is 0.0983. The molecule has 1 aromatic rings. The van der Waals surface area contributed by atoms with Gasteiger partial charge in [-0.3, -0.25) is 9.79 Å². The molecule has 0 aromatic carbocycles. The number of hydrogen-bond donors (Lipinski definition) is 2. The van der Waals surface area contributed by atoms with Crippen LogP contribution in [0.4, 0.5) is 0 Å². The highest BCUT2D eigenvalue weighted by molar-refractivity contribution is 6.11. The number of aliphatic imine (C=N–C) groups is 3. The van der Waals surface area contributed by atoms with E-state index in [-0.39, 0.29) is 11.3 Å². The number of nitrogens with zero attached hydrogens (tertiary/aromatic N) is 3. The Morgan fingerprint density at radius 1 is 0.929 bits per heavy atom. The monoisotopic (exact) mass is 370 g/mol. The van der Waals surface area contributed by atoms with Crippen LogP contribution in [0.1, 0.15) is 26.5 Å². The van der Waals surface area contributed by atoms with E-state index < -0.39 is 5.97 Å². The summed E-state index contributed by atoms with van der Waals surface area (Å²) in [6.07, 6.45) is 18.9. The van der Waals surface area contributed by atoms with Crippen molar-refractivity contribution in [1.29, 1.82) is 0 Å². The molecule has 0 unspecified atom stereocenters. The zero-order valence-electron chi connectivity index (χ0n) is 14.5. The van der Waals surface area contributed by atoms with Crippen molar-refractivity contribution in [2.45, 2.75) is 0 Å². The van der Waals surface area contributed by atoms with E-state index in [1.807, 2.05) is 42.5 Å². The summed E-state index contributed by atoms with van der Waals surface area (Å²) in [6, 6.07) is 1.48. The zero-order valence-corrected chi connectivity index (χ0v) is 14.5. The fraction of sp³-hybridized carbons (Fsp3) is 0. The summed E-state index contributed by atoms with van der Waals surface area (Å²) in [5, 5.41) is 9.09. The van der Waals surface area contributed by atoms with Gasteiger partial charge in [0.15, 0.2) is 6.29 Å². The molecule has 0 aliphatic carbocycles. The van der Waals surface area contributed by atoms with Crippen molar-refractivity contribution in [2.75, 3.05) is 0 Å². The number of aromatic nitrogens is 1. The SMILES string of the molecule is O=Cc1cc(C=C2C=CC(C=C3C=CC(C=C4C=CC=N4)=N3)=N2)[nH]c1C(=O)O. The number of carboxylic acid groups (broad SMARTS) is 1. The van der Waals surface area contributed by atoms with E-state index in [4.69, 9.17) is 5.11 Å². The van der Waals surface area contributed by atoms with E-state index in [1.54, 1.807) is 18.4 Å². The number of allylic oxidation sites excluding steroid dienone is 8. The molecule has 7 nitrogen and oxygen atoms in total. The van der Waals surface area contributed by atoms with Gasteiger partial charge in [0.2, 0.25) is 0 Å². The Bertz CT molecular complexity index is 1130. The van der Waals surface area contributed by atoms with Crippen molar-refractivity contribution in [3.05, 3.63) is 88.7 Å². The predicted molar refractivity (Wildman–Crippen MR) is 108 cm³/mol. The Labute approximate surface area is 159 Å². The molecule has 0 amide bonds. The number of carbonyl (C=O) groups excluding carboxylic acids is 1. The minimum atomic E-state index is -1.18. The largest absolute Gasteiger partial charge is 0.477 e. The highest BCUT2D eigenvalue weighted by Gasteiger charge is 2.14. The van der Waals surface area contributed by atoms with Crippen LogP contribution in [-0.4, -0.2) is 40.0 Å². The molecular formula is C21H14N4O3. The third-order valence-electron chi connectivity index (χ3n) is 4.05. The molecule has 0 saturated heterocycles. The fourth-order valence-corrected chi connectivity index (χ4v) is 2.81. The minimum Gasteiger partial charge on any atom is -0.477 e. The molecule has 0 radical (unpaired) electrons. The molecule has 1 aromatic heterocycles. The lowest BCUT2D eigenvalue weighted by Crippen LogP contribution is -2.00. The molecule has 0 fully saturated rings. The smallest absolute Gasteiger partial charge is 0.353 e. The first-order chi connectivity index (χ1) is 13.6. The zero-order chi connectivity index (χ0) is 19.5. The molecular weight excluding hydrogens is 356 g/mol. The second-order valence-corrected chi connectivity index (χ2v) is 6.06.